The van der Waals surface area contributed by atoms with Crippen LogP contribution in [0.5, 0.6) is 0 Å². The maximum atomic E-state index is 11.5. The first-order chi connectivity index (χ1) is 7.63. The van der Waals surface area contributed by atoms with Crippen LogP contribution < -0.4 is 5.32 Å². The molecule has 2 rings (SSSR count). The third-order valence-electron chi connectivity index (χ3n) is 3.05. The molecule has 16 heavy (non-hydrogen) atoms. The maximum Gasteiger partial charge on any atom is 0.322 e. The van der Waals surface area contributed by atoms with Crippen molar-refractivity contribution < 1.29 is 19.1 Å². The molecule has 0 aromatic carbocycles. The topological polar surface area (TPSA) is 75.7 Å². The molecule has 6 nitrogen and oxygen atoms in total. The van der Waals surface area contributed by atoms with Gasteiger partial charge >= 0.3 is 5.97 Å². The molecule has 2 unspecified atom stereocenters. The van der Waals surface area contributed by atoms with Crippen LogP contribution in [0, 0.1) is 0 Å². The summed E-state index contributed by atoms with van der Waals surface area (Å²) in [4.78, 5) is 35.5. The molecular formula is C10H14N2O4. The molecule has 2 heterocycles. The Morgan fingerprint density at radius 1 is 1.38 bits per heavy atom. The Bertz CT molecular complexity index is 326. The van der Waals surface area contributed by atoms with Crippen LogP contribution in [0.25, 0.3) is 0 Å². The van der Waals surface area contributed by atoms with Gasteiger partial charge < -0.3 is 10.1 Å². The summed E-state index contributed by atoms with van der Waals surface area (Å²) in [7, 11) is 1.32. The number of carbonyl (C=O) groups excluding carboxylic acids is 3. The summed E-state index contributed by atoms with van der Waals surface area (Å²) in [6.07, 6.45) is 1.03. The van der Waals surface area contributed by atoms with Gasteiger partial charge in [0, 0.05) is 19.4 Å². The highest BCUT2D eigenvalue weighted by Gasteiger charge is 2.40. The fourth-order valence-electron chi connectivity index (χ4n) is 2.24. The van der Waals surface area contributed by atoms with Gasteiger partial charge in [-0.1, -0.05) is 0 Å². The number of rotatable bonds is 2. The van der Waals surface area contributed by atoms with Gasteiger partial charge in [-0.05, 0) is 6.42 Å². The van der Waals surface area contributed by atoms with E-state index in [2.05, 4.69) is 10.1 Å². The smallest absolute Gasteiger partial charge is 0.322 e. The van der Waals surface area contributed by atoms with E-state index in [1.165, 1.54) is 12.0 Å². The molecule has 1 N–H and O–H groups in total. The number of nitrogens with zero attached hydrogens (tertiary/aromatic N) is 1. The maximum absolute atomic E-state index is 11.5. The lowest BCUT2D eigenvalue weighted by atomic mass is 10.1. The van der Waals surface area contributed by atoms with E-state index in [0.29, 0.717) is 13.0 Å². The fraction of sp³-hybridized carbons (Fsp3) is 0.700. The standard InChI is InChI=1S/C10H14N2O4/c1-16-10(15)7-4-6(5-11-7)12-8(13)2-3-9(12)14/h6-7,11H,2-5H2,1H3. The highest BCUT2D eigenvalue weighted by molar-refractivity contribution is 6.02. The van der Waals surface area contributed by atoms with Crippen molar-refractivity contribution >= 4 is 17.8 Å². The van der Waals surface area contributed by atoms with Crippen LogP contribution in [-0.2, 0) is 19.1 Å². The molecule has 2 aliphatic heterocycles. The minimum Gasteiger partial charge on any atom is -0.468 e. The lowest BCUT2D eigenvalue weighted by molar-refractivity contribution is -0.144. The largest absolute Gasteiger partial charge is 0.468 e. The Balaban J connectivity index is 2.00. The normalized spacial score (nSPS) is 29.9. The first-order valence-electron chi connectivity index (χ1n) is 5.29. The zero-order valence-electron chi connectivity index (χ0n) is 9.06. The minimum atomic E-state index is -0.406. The highest BCUT2D eigenvalue weighted by atomic mass is 16.5. The average Bonchev–Trinajstić information content (AvgIpc) is 2.85. The monoisotopic (exact) mass is 226 g/mol. The Labute approximate surface area is 92.9 Å². The second-order valence-electron chi connectivity index (χ2n) is 4.03. The van der Waals surface area contributed by atoms with Gasteiger partial charge in [-0.25, -0.2) is 0 Å². The number of hydrogen-bond donors (Lipinski definition) is 1. The number of carbonyl (C=O) groups is 3. The summed E-state index contributed by atoms with van der Waals surface area (Å²) >= 11 is 0. The summed E-state index contributed by atoms with van der Waals surface area (Å²) in [6.45, 7) is 0.469. The molecule has 0 aromatic heterocycles. The lowest BCUT2D eigenvalue weighted by Gasteiger charge is -2.20. The van der Waals surface area contributed by atoms with Crippen LogP contribution in [0.4, 0.5) is 0 Å². The molecule has 6 heteroatoms. The third kappa shape index (κ3) is 1.80. The van der Waals surface area contributed by atoms with E-state index in [-0.39, 0.29) is 36.7 Å². The Hall–Kier alpha value is -1.43. The molecule has 0 aliphatic carbocycles. The second kappa shape index (κ2) is 4.21. The zero-order valence-corrected chi connectivity index (χ0v) is 9.06. The molecule has 2 amide bonds. The molecule has 0 aromatic rings. The van der Waals surface area contributed by atoms with E-state index >= 15 is 0 Å². The van der Waals surface area contributed by atoms with E-state index in [0.717, 1.165) is 0 Å². The van der Waals surface area contributed by atoms with Gasteiger partial charge in [-0.3, -0.25) is 19.3 Å². The van der Waals surface area contributed by atoms with Gasteiger partial charge in [0.15, 0.2) is 0 Å². The van der Waals surface area contributed by atoms with Crippen LogP contribution in [0.3, 0.4) is 0 Å². The van der Waals surface area contributed by atoms with Crippen LogP contribution >= 0.6 is 0 Å². The van der Waals surface area contributed by atoms with Crippen molar-refractivity contribution in [1.82, 2.24) is 10.2 Å². The Kier molecular flexibility index (Phi) is 2.91. The van der Waals surface area contributed by atoms with Crippen molar-refractivity contribution in [2.24, 2.45) is 0 Å². The third-order valence-corrected chi connectivity index (χ3v) is 3.05. The molecule has 88 valence electrons. The van der Waals surface area contributed by atoms with Gasteiger partial charge in [-0.15, -0.1) is 0 Å². The summed E-state index contributed by atoms with van der Waals surface area (Å²) < 4.78 is 4.61. The van der Waals surface area contributed by atoms with Gasteiger partial charge in [-0.2, -0.15) is 0 Å². The number of hydrogen-bond acceptors (Lipinski definition) is 5. The van der Waals surface area contributed by atoms with Crippen molar-refractivity contribution in [2.75, 3.05) is 13.7 Å². The Morgan fingerprint density at radius 2 is 2.00 bits per heavy atom. The molecule has 2 atom stereocenters. The van der Waals surface area contributed by atoms with Crippen LogP contribution in [0.1, 0.15) is 19.3 Å². The number of ether oxygens (including phenoxy) is 1. The van der Waals surface area contributed by atoms with Gasteiger partial charge in [0.25, 0.3) is 0 Å². The summed E-state index contributed by atoms with van der Waals surface area (Å²) in [5, 5.41) is 2.95. The number of methoxy groups -OCH3 is 1. The zero-order chi connectivity index (χ0) is 11.7. The van der Waals surface area contributed by atoms with Crippen LogP contribution in [-0.4, -0.2) is 48.4 Å². The van der Waals surface area contributed by atoms with Crippen LogP contribution in [0.15, 0.2) is 0 Å². The predicted octanol–water partition coefficient (Wildman–Crippen LogP) is -0.961. The van der Waals surface area contributed by atoms with Crippen molar-refractivity contribution in [3.8, 4) is 0 Å². The minimum absolute atomic E-state index is 0.137. The molecule has 0 radical (unpaired) electrons. The second-order valence-corrected chi connectivity index (χ2v) is 4.03. The molecule has 0 bridgehead atoms. The van der Waals surface area contributed by atoms with Crippen molar-refractivity contribution in [1.29, 1.82) is 0 Å². The molecule has 2 fully saturated rings. The quantitative estimate of drug-likeness (QED) is 0.485. The fourth-order valence-corrected chi connectivity index (χ4v) is 2.24. The predicted molar refractivity (Wildman–Crippen MR) is 53.3 cm³/mol. The van der Waals surface area contributed by atoms with Crippen LogP contribution in [0.2, 0.25) is 0 Å². The number of likely N-dealkylation sites (tertiary alicyclic amines) is 1. The van der Waals surface area contributed by atoms with Gasteiger partial charge in [0.05, 0.1) is 13.2 Å². The molecule has 2 aliphatic rings. The first-order valence-corrected chi connectivity index (χ1v) is 5.29. The number of amides is 2. The van der Waals surface area contributed by atoms with Crippen molar-refractivity contribution in [3.05, 3.63) is 0 Å². The van der Waals surface area contributed by atoms with E-state index in [9.17, 15) is 14.4 Å². The van der Waals surface area contributed by atoms with Gasteiger partial charge in [0.1, 0.15) is 6.04 Å². The number of nitrogens with one attached hydrogen (secondary N) is 1. The van der Waals surface area contributed by atoms with Crippen molar-refractivity contribution in [3.63, 3.8) is 0 Å². The summed E-state index contributed by atoms with van der Waals surface area (Å²) in [5.41, 5.74) is 0. The molecular weight excluding hydrogens is 212 g/mol. The number of esters is 1. The average molecular weight is 226 g/mol. The highest BCUT2D eigenvalue weighted by Crippen LogP contribution is 2.21. The summed E-state index contributed by atoms with van der Waals surface area (Å²) in [5.74, 6) is -0.619. The van der Waals surface area contributed by atoms with E-state index in [1.807, 2.05) is 0 Å². The van der Waals surface area contributed by atoms with E-state index in [4.69, 9.17) is 0 Å². The van der Waals surface area contributed by atoms with Gasteiger partial charge in [0.2, 0.25) is 11.8 Å². The lowest BCUT2D eigenvalue weighted by Crippen LogP contribution is -2.40. The van der Waals surface area contributed by atoms with Crippen molar-refractivity contribution in [2.45, 2.75) is 31.3 Å². The molecule has 2 saturated heterocycles. The summed E-state index contributed by atoms with van der Waals surface area (Å²) in [6, 6.07) is -0.609. The Morgan fingerprint density at radius 3 is 2.56 bits per heavy atom. The molecule has 0 saturated carbocycles. The van der Waals surface area contributed by atoms with E-state index < -0.39 is 6.04 Å². The number of imide groups is 1. The molecule has 0 spiro atoms. The first kappa shape index (κ1) is 11.1. The SMILES string of the molecule is COC(=O)C1CC(N2C(=O)CCC2=O)CN1. The van der Waals surface area contributed by atoms with E-state index in [1.54, 1.807) is 0 Å².